The third-order valence-electron chi connectivity index (χ3n) is 1.83. The van der Waals surface area contributed by atoms with Crippen molar-refractivity contribution in [3.8, 4) is 0 Å². The van der Waals surface area contributed by atoms with Crippen LogP contribution >= 0.6 is 0 Å². The summed E-state index contributed by atoms with van der Waals surface area (Å²) in [5.74, 6) is 0.133. The normalized spacial score (nSPS) is 12.6. The number of nitrogens with one attached hydrogen (secondary N) is 2. The summed E-state index contributed by atoms with van der Waals surface area (Å²) in [6.45, 7) is 7.69. The van der Waals surface area contributed by atoms with Crippen molar-refractivity contribution in [2.45, 2.75) is 39.7 Å². The molecule has 0 fully saturated rings. The first-order valence-corrected chi connectivity index (χ1v) is 4.70. The average Bonchev–Trinajstić information content (AvgIpc) is 2.04. The summed E-state index contributed by atoms with van der Waals surface area (Å²) in [4.78, 5) is 11.0. The fourth-order valence-corrected chi connectivity index (χ4v) is 0.862. The number of hydrogen-bond acceptors (Lipinski definition) is 2. The molecule has 0 bridgehead atoms. The lowest BCUT2D eigenvalue weighted by Crippen LogP contribution is -2.31. The highest BCUT2D eigenvalue weighted by Crippen LogP contribution is 1.87. The molecule has 0 saturated heterocycles. The van der Waals surface area contributed by atoms with Gasteiger partial charge in [-0.1, -0.05) is 6.92 Å². The summed E-state index contributed by atoms with van der Waals surface area (Å²) < 4.78 is 0. The molecule has 0 spiro atoms. The quantitative estimate of drug-likeness (QED) is 0.625. The van der Waals surface area contributed by atoms with Gasteiger partial charge in [0.05, 0.1) is 0 Å². The molecule has 1 atom stereocenters. The van der Waals surface area contributed by atoms with Gasteiger partial charge in [-0.3, -0.25) is 4.79 Å². The zero-order chi connectivity index (χ0) is 9.40. The molecule has 0 heterocycles. The van der Waals surface area contributed by atoms with Crippen LogP contribution in [0, 0.1) is 0 Å². The maximum Gasteiger partial charge on any atom is 0.221 e. The third-order valence-corrected chi connectivity index (χ3v) is 1.83. The Labute approximate surface area is 74.9 Å². The van der Waals surface area contributed by atoms with Crippen LogP contribution in [-0.4, -0.2) is 25.0 Å². The molecule has 0 radical (unpaired) electrons. The third kappa shape index (κ3) is 6.16. The predicted octanol–water partition coefficient (Wildman–Crippen LogP) is 0.901. The van der Waals surface area contributed by atoms with Crippen molar-refractivity contribution in [1.29, 1.82) is 0 Å². The van der Waals surface area contributed by atoms with Crippen LogP contribution in [0.5, 0.6) is 0 Å². The van der Waals surface area contributed by atoms with Gasteiger partial charge in [0.15, 0.2) is 0 Å². The van der Waals surface area contributed by atoms with E-state index in [1.54, 1.807) is 0 Å². The molecule has 3 heteroatoms. The highest BCUT2D eigenvalue weighted by atomic mass is 16.1. The van der Waals surface area contributed by atoms with E-state index in [1.807, 2.05) is 6.92 Å². The zero-order valence-electron chi connectivity index (χ0n) is 8.31. The van der Waals surface area contributed by atoms with Gasteiger partial charge >= 0.3 is 0 Å². The first-order chi connectivity index (χ1) is 5.70. The van der Waals surface area contributed by atoms with Crippen LogP contribution in [0.2, 0.25) is 0 Å². The lowest BCUT2D eigenvalue weighted by molar-refractivity contribution is -0.120. The highest BCUT2D eigenvalue weighted by molar-refractivity contribution is 5.75. The van der Waals surface area contributed by atoms with Crippen LogP contribution < -0.4 is 10.6 Å². The number of rotatable bonds is 6. The maximum atomic E-state index is 11.0. The van der Waals surface area contributed by atoms with Crippen molar-refractivity contribution in [3.63, 3.8) is 0 Å². The summed E-state index contributed by atoms with van der Waals surface area (Å²) in [7, 11) is 0. The van der Waals surface area contributed by atoms with Gasteiger partial charge in [-0.25, -0.2) is 0 Å². The minimum Gasteiger partial charge on any atom is -0.356 e. The molecule has 0 unspecified atom stereocenters. The Hall–Kier alpha value is -0.570. The van der Waals surface area contributed by atoms with Gasteiger partial charge in [-0.2, -0.15) is 0 Å². The SMILES string of the molecule is CCNC(=O)CCN[C@H](C)CC. The van der Waals surface area contributed by atoms with Crippen molar-refractivity contribution in [2.24, 2.45) is 0 Å². The Bertz CT molecular complexity index is 126. The minimum atomic E-state index is 0.133. The van der Waals surface area contributed by atoms with E-state index in [2.05, 4.69) is 24.5 Å². The summed E-state index contributed by atoms with van der Waals surface area (Å²) in [6, 6.07) is 0.513. The highest BCUT2D eigenvalue weighted by Gasteiger charge is 2.00. The summed E-state index contributed by atoms with van der Waals surface area (Å²) >= 11 is 0. The van der Waals surface area contributed by atoms with Gasteiger partial charge < -0.3 is 10.6 Å². The standard InChI is InChI=1S/C9H20N2O/c1-4-8(3)11-7-6-9(12)10-5-2/h8,11H,4-7H2,1-3H3,(H,10,12)/t8-/m1/s1. The molecule has 0 aromatic heterocycles. The van der Waals surface area contributed by atoms with E-state index in [4.69, 9.17) is 0 Å². The molecule has 1 amide bonds. The molecule has 0 aliphatic heterocycles. The second kappa shape index (κ2) is 7.10. The van der Waals surface area contributed by atoms with Crippen LogP contribution in [0.4, 0.5) is 0 Å². The molecular weight excluding hydrogens is 152 g/mol. The lowest BCUT2D eigenvalue weighted by Gasteiger charge is -2.10. The van der Waals surface area contributed by atoms with E-state index in [0.717, 1.165) is 19.5 Å². The molecule has 3 nitrogen and oxygen atoms in total. The topological polar surface area (TPSA) is 41.1 Å². The van der Waals surface area contributed by atoms with Crippen molar-refractivity contribution in [1.82, 2.24) is 10.6 Å². The van der Waals surface area contributed by atoms with E-state index in [0.29, 0.717) is 12.5 Å². The second-order valence-corrected chi connectivity index (χ2v) is 2.97. The largest absolute Gasteiger partial charge is 0.356 e. The molecule has 72 valence electrons. The van der Waals surface area contributed by atoms with Crippen LogP contribution in [-0.2, 0) is 4.79 Å². The van der Waals surface area contributed by atoms with Gasteiger partial charge in [-0.15, -0.1) is 0 Å². The Morgan fingerprint density at radius 2 is 2.08 bits per heavy atom. The number of amides is 1. The second-order valence-electron chi connectivity index (χ2n) is 2.97. The van der Waals surface area contributed by atoms with Gasteiger partial charge in [0.2, 0.25) is 5.91 Å². The van der Waals surface area contributed by atoms with Crippen LogP contribution in [0.3, 0.4) is 0 Å². The fourth-order valence-electron chi connectivity index (χ4n) is 0.862. The molecule has 2 N–H and O–H groups in total. The first-order valence-electron chi connectivity index (χ1n) is 4.70. The van der Waals surface area contributed by atoms with E-state index >= 15 is 0 Å². The van der Waals surface area contributed by atoms with Crippen molar-refractivity contribution >= 4 is 5.91 Å². The Balaban J connectivity index is 3.24. The Kier molecular flexibility index (Phi) is 6.76. The van der Waals surface area contributed by atoms with Gasteiger partial charge in [-0.05, 0) is 20.3 Å². The molecule has 0 saturated carbocycles. The van der Waals surface area contributed by atoms with E-state index < -0.39 is 0 Å². The van der Waals surface area contributed by atoms with Crippen LogP contribution in [0.15, 0.2) is 0 Å². The van der Waals surface area contributed by atoms with Gasteiger partial charge in [0, 0.05) is 25.6 Å². The molecular formula is C9H20N2O. The summed E-state index contributed by atoms with van der Waals surface area (Å²) in [5.41, 5.74) is 0. The van der Waals surface area contributed by atoms with Crippen LogP contribution in [0.25, 0.3) is 0 Å². The fraction of sp³-hybridized carbons (Fsp3) is 0.889. The summed E-state index contributed by atoms with van der Waals surface area (Å²) in [6.07, 6.45) is 1.69. The first kappa shape index (κ1) is 11.4. The molecule has 0 aromatic carbocycles. The monoisotopic (exact) mass is 172 g/mol. The maximum absolute atomic E-state index is 11.0. The van der Waals surface area contributed by atoms with Crippen LogP contribution in [0.1, 0.15) is 33.6 Å². The van der Waals surface area contributed by atoms with E-state index in [1.165, 1.54) is 0 Å². The van der Waals surface area contributed by atoms with E-state index in [-0.39, 0.29) is 5.91 Å². The minimum absolute atomic E-state index is 0.133. The molecule has 0 aliphatic carbocycles. The zero-order valence-corrected chi connectivity index (χ0v) is 8.31. The van der Waals surface area contributed by atoms with Crippen molar-refractivity contribution in [2.75, 3.05) is 13.1 Å². The molecule has 0 aromatic rings. The van der Waals surface area contributed by atoms with Gasteiger partial charge in [0.25, 0.3) is 0 Å². The van der Waals surface area contributed by atoms with Gasteiger partial charge in [0.1, 0.15) is 0 Å². The molecule has 0 rings (SSSR count). The number of hydrogen-bond donors (Lipinski definition) is 2. The number of carbonyl (C=O) groups is 1. The average molecular weight is 172 g/mol. The predicted molar refractivity (Wildman–Crippen MR) is 51.1 cm³/mol. The lowest BCUT2D eigenvalue weighted by atomic mass is 10.2. The Morgan fingerprint density at radius 3 is 2.58 bits per heavy atom. The van der Waals surface area contributed by atoms with E-state index in [9.17, 15) is 4.79 Å². The smallest absolute Gasteiger partial charge is 0.221 e. The Morgan fingerprint density at radius 1 is 1.42 bits per heavy atom. The molecule has 0 aliphatic rings. The summed E-state index contributed by atoms with van der Waals surface area (Å²) in [5, 5.41) is 6.02. The van der Waals surface area contributed by atoms with Crippen molar-refractivity contribution < 1.29 is 4.79 Å². The molecule has 12 heavy (non-hydrogen) atoms. The number of carbonyl (C=O) groups excluding carboxylic acids is 1. The van der Waals surface area contributed by atoms with Crippen molar-refractivity contribution in [3.05, 3.63) is 0 Å².